The highest BCUT2D eigenvalue weighted by molar-refractivity contribution is 5.89. The normalized spacial score (nSPS) is 10.6. The molecular formula is C14H15N7O. The zero-order valence-corrected chi connectivity index (χ0v) is 12.0. The minimum absolute atomic E-state index is 0.0581. The molecule has 1 N–H and O–H groups in total. The molecule has 0 aliphatic heterocycles. The van der Waals surface area contributed by atoms with Gasteiger partial charge in [0.15, 0.2) is 0 Å². The largest absolute Gasteiger partial charge is 0.309 e. The van der Waals surface area contributed by atoms with E-state index in [1.165, 1.54) is 11.0 Å². The van der Waals surface area contributed by atoms with Crippen molar-refractivity contribution in [3.63, 3.8) is 0 Å². The lowest BCUT2D eigenvalue weighted by Gasteiger charge is -2.09. The number of anilines is 1. The van der Waals surface area contributed by atoms with Gasteiger partial charge >= 0.3 is 0 Å². The molecule has 0 saturated carbocycles. The standard InChI is InChI=1S/C14H15N7O/c1-11-7-13(16-14(22)9-20-10-15-18-19-20)21(17-11)8-12-5-3-2-4-6-12/h2-7,10H,8-9H2,1H3,(H,16,22). The number of carbonyl (C=O) groups is 1. The summed E-state index contributed by atoms with van der Waals surface area (Å²) in [5, 5.41) is 17.9. The maximum atomic E-state index is 12.0. The molecule has 3 rings (SSSR count). The Balaban J connectivity index is 1.72. The van der Waals surface area contributed by atoms with E-state index in [0.29, 0.717) is 12.4 Å². The Morgan fingerprint density at radius 3 is 2.82 bits per heavy atom. The Hall–Kier alpha value is -3.03. The molecule has 3 aromatic rings. The van der Waals surface area contributed by atoms with Crippen LogP contribution in [0, 0.1) is 6.92 Å². The molecule has 0 aliphatic rings. The second-order valence-corrected chi connectivity index (χ2v) is 4.87. The van der Waals surface area contributed by atoms with Crippen molar-refractivity contribution >= 4 is 11.7 Å². The van der Waals surface area contributed by atoms with E-state index >= 15 is 0 Å². The lowest BCUT2D eigenvalue weighted by Crippen LogP contribution is -2.21. The zero-order valence-electron chi connectivity index (χ0n) is 12.0. The molecule has 0 radical (unpaired) electrons. The minimum atomic E-state index is -0.207. The van der Waals surface area contributed by atoms with Gasteiger partial charge in [0.2, 0.25) is 5.91 Å². The molecule has 2 heterocycles. The first-order valence-corrected chi connectivity index (χ1v) is 6.80. The van der Waals surface area contributed by atoms with Crippen molar-refractivity contribution in [3.05, 3.63) is 54.0 Å². The number of nitrogens with one attached hydrogen (secondary N) is 1. The van der Waals surface area contributed by atoms with Crippen molar-refractivity contribution in [2.45, 2.75) is 20.0 Å². The Labute approximate surface area is 126 Å². The van der Waals surface area contributed by atoms with Gasteiger partial charge in [-0.15, -0.1) is 5.10 Å². The summed E-state index contributed by atoms with van der Waals surface area (Å²) in [5.41, 5.74) is 1.95. The van der Waals surface area contributed by atoms with Gasteiger partial charge < -0.3 is 5.32 Å². The molecule has 8 heteroatoms. The molecule has 0 atom stereocenters. The van der Waals surface area contributed by atoms with Crippen molar-refractivity contribution in [1.82, 2.24) is 30.0 Å². The maximum absolute atomic E-state index is 12.0. The van der Waals surface area contributed by atoms with E-state index in [1.54, 1.807) is 4.68 Å². The van der Waals surface area contributed by atoms with Crippen molar-refractivity contribution in [1.29, 1.82) is 0 Å². The number of nitrogens with zero attached hydrogens (tertiary/aromatic N) is 6. The van der Waals surface area contributed by atoms with Crippen molar-refractivity contribution in [3.8, 4) is 0 Å². The van der Waals surface area contributed by atoms with Crippen LogP contribution in [0.2, 0.25) is 0 Å². The molecule has 112 valence electrons. The van der Waals surface area contributed by atoms with E-state index in [0.717, 1.165) is 11.3 Å². The smallest absolute Gasteiger partial charge is 0.247 e. The fraction of sp³-hybridized carbons (Fsp3) is 0.214. The van der Waals surface area contributed by atoms with Crippen LogP contribution in [-0.4, -0.2) is 35.9 Å². The third-order valence-electron chi connectivity index (χ3n) is 3.04. The van der Waals surface area contributed by atoms with Gasteiger partial charge in [0.05, 0.1) is 12.2 Å². The van der Waals surface area contributed by atoms with Gasteiger partial charge in [-0.25, -0.2) is 9.36 Å². The number of hydrogen-bond donors (Lipinski definition) is 1. The number of amides is 1. The van der Waals surface area contributed by atoms with Gasteiger partial charge in [0.25, 0.3) is 0 Å². The fourth-order valence-electron chi connectivity index (χ4n) is 2.11. The molecule has 0 fully saturated rings. The van der Waals surface area contributed by atoms with E-state index < -0.39 is 0 Å². The summed E-state index contributed by atoms with van der Waals surface area (Å²) in [4.78, 5) is 12.0. The first-order chi connectivity index (χ1) is 10.7. The van der Waals surface area contributed by atoms with Gasteiger partial charge in [0.1, 0.15) is 18.7 Å². The fourth-order valence-corrected chi connectivity index (χ4v) is 2.11. The van der Waals surface area contributed by atoms with Crippen LogP contribution in [0.15, 0.2) is 42.7 Å². The molecular weight excluding hydrogens is 282 g/mol. The average Bonchev–Trinajstić information content (AvgIpc) is 3.10. The lowest BCUT2D eigenvalue weighted by molar-refractivity contribution is -0.117. The highest BCUT2D eigenvalue weighted by Gasteiger charge is 2.10. The third-order valence-corrected chi connectivity index (χ3v) is 3.04. The Kier molecular flexibility index (Phi) is 3.90. The second-order valence-electron chi connectivity index (χ2n) is 4.87. The molecule has 2 aromatic heterocycles. The number of tetrazole rings is 1. The van der Waals surface area contributed by atoms with E-state index in [1.807, 2.05) is 43.3 Å². The average molecular weight is 297 g/mol. The quantitative estimate of drug-likeness (QED) is 0.754. The Morgan fingerprint density at radius 2 is 2.09 bits per heavy atom. The number of carbonyl (C=O) groups excluding carboxylic acids is 1. The van der Waals surface area contributed by atoms with Crippen LogP contribution < -0.4 is 5.32 Å². The van der Waals surface area contributed by atoms with Gasteiger partial charge in [-0.3, -0.25) is 4.79 Å². The number of rotatable bonds is 5. The topological polar surface area (TPSA) is 90.5 Å². The summed E-state index contributed by atoms with van der Waals surface area (Å²) in [5.74, 6) is 0.445. The van der Waals surface area contributed by atoms with E-state index in [-0.39, 0.29) is 12.5 Å². The summed E-state index contributed by atoms with van der Waals surface area (Å²) in [6.07, 6.45) is 1.39. The number of hydrogen-bond acceptors (Lipinski definition) is 5. The lowest BCUT2D eigenvalue weighted by atomic mass is 10.2. The number of aromatic nitrogens is 6. The van der Waals surface area contributed by atoms with Crippen LogP contribution in [-0.2, 0) is 17.9 Å². The first kappa shape index (κ1) is 13.9. The molecule has 0 bridgehead atoms. The summed E-state index contributed by atoms with van der Waals surface area (Å²) < 4.78 is 3.13. The van der Waals surface area contributed by atoms with Crippen LogP contribution in [0.25, 0.3) is 0 Å². The van der Waals surface area contributed by atoms with Gasteiger partial charge in [-0.05, 0) is 22.9 Å². The van der Waals surface area contributed by atoms with E-state index in [4.69, 9.17) is 0 Å². The molecule has 0 saturated heterocycles. The van der Waals surface area contributed by atoms with Crippen molar-refractivity contribution < 1.29 is 4.79 Å². The third kappa shape index (κ3) is 3.35. The second kappa shape index (κ2) is 6.17. The SMILES string of the molecule is Cc1cc(NC(=O)Cn2cnnn2)n(Cc2ccccc2)n1. The molecule has 22 heavy (non-hydrogen) atoms. The number of benzene rings is 1. The van der Waals surface area contributed by atoms with Gasteiger partial charge in [-0.1, -0.05) is 30.3 Å². The summed E-state index contributed by atoms with van der Waals surface area (Å²) in [6.45, 7) is 2.54. The van der Waals surface area contributed by atoms with Crippen LogP contribution in [0.1, 0.15) is 11.3 Å². The molecule has 1 aromatic carbocycles. The molecule has 0 unspecified atom stereocenters. The monoisotopic (exact) mass is 297 g/mol. The predicted molar refractivity (Wildman–Crippen MR) is 79.0 cm³/mol. The zero-order chi connectivity index (χ0) is 15.4. The molecule has 0 aliphatic carbocycles. The summed E-state index contributed by atoms with van der Waals surface area (Å²) >= 11 is 0. The van der Waals surface area contributed by atoms with Gasteiger partial charge in [-0.2, -0.15) is 5.10 Å². The Bertz CT molecular complexity index is 749. The van der Waals surface area contributed by atoms with E-state index in [2.05, 4.69) is 25.9 Å². The van der Waals surface area contributed by atoms with Crippen molar-refractivity contribution in [2.24, 2.45) is 0 Å². The van der Waals surface area contributed by atoms with Crippen LogP contribution in [0.5, 0.6) is 0 Å². The highest BCUT2D eigenvalue weighted by atomic mass is 16.2. The Morgan fingerprint density at radius 1 is 1.27 bits per heavy atom. The van der Waals surface area contributed by atoms with Crippen LogP contribution in [0.4, 0.5) is 5.82 Å². The minimum Gasteiger partial charge on any atom is -0.309 e. The summed E-state index contributed by atoms with van der Waals surface area (Å²) in [7, 11) is 0. The summed E-state index contributed by atoms with van der Waals surface area (Å²) in [6, 6.07) is 11.8. The molecule has 1 amide bonds. The van der Waals surface area contributed by atoms with E-state index in [9.17, 15) is 4.79 Å². The molecule has 8 nitrogen and oxygen atoms in total. The van der Waals surface area contributed by atoms with Crippen LogP contribution in [0.3, 0.4) is 0 Å². The maximum Gasteiger partial charge on any atom is 0.247 e. The van der Waals surface area contributed by atoms with Crippen LogP contribution >= 0.6 is 0 Å². The first-order valence-electron chi connectivity index (χ1n) is 6.80. The predicted octanol–water partition coefficient (Wildman–Crippen LogP) is 0.865. The number of aryl methyl sites for hydroxylation is 1. The highest BCUT2D eigenvalue weighted by Crippen LogP contribution is 2.13. The molecule has 0 spiro atoms. The van der Waals surface area contributed by atoms with Gasteiger partial charge in [0, 0.05) is 6.07 Å². The van der Waals surface area contributed by atoms with Crippen molar-refractivity contribution in [2.75, 3.05) is 5.32 Å².